The van der Waals surface area contributed by atoms with Crippen molar-refractivity contribution in [3.63, 3.8) is 0 Å². The molecule has 1 aliphatic heterocycles. The van der Waals surface area contributed by atoms with Gasteiger partial charge in [0.15, 0.2) is 0 Å². The molecule has 0 bridgehead atoms. The Bertz CT molecular complexity index is 560. The van der Waals surface area contributed by atoms with Crippen LogP contribution in [0, 0.1) is 0 Å². The van der Waals surface area contributed by atoms with Crippen molar-refractivity contribution < 1.29 is 28.7 Å². The minimum Gasteiger partial charge on any atom is -0.478 e. The molecule has 1 aliphatic rings. The average Bonchev–Trinajstić information content (AvgIpc) is 2.86. The number of carboxylic acid groups (broad SMARTS) is 1. The third kappa shape index (κ3) is 1.63. The summed E-state index contributed by atoms with van der Waals surface area (Å²) in [5.74, 6) is -3.26. The fraction of sp³-hybridized carbons (Fsp3) is 0.200. The second kappa shape index (κ2) is 3.99. The van der Waals surface area contributed by atoms with Gasteiger partial charge < -0.3 is 9.52 Å². The van der Waals surface area contributed by atoms with E-state index in [2.05, 4.69) is 0 Å². The summed E-state index contributed by atoms with van der Waals surface area (Å²) < 4.78 is 4.90. The Labute approximate surface area is 100 Å². The standard InChI is InChI=1S/C10H8N2O6/c1-11-7(13)8(14)12(10(11)17)4-6-5(9(15)16)2-3-18-6/h2-3H,4H2,1H3,(H,15,16). The van der Waals surface area contributed by atoms with Crippen LogP contribution in [0.25, 0.3) is 0 Å². The Kier molecular flexibility index (Phi) is 2.62. The molecule has 8 heteroatoms. The summed E-state index contributed by atoms with van der Waals surface area (Å²) in [4.78, 5) is 46.4. The van der Waals surface area contributed by atoms with E-state index in [4.69, 9.17) is 9.52 Å². The molecule has 1 aromatic rings. The summed E-state index contributed by atoms with van der Waals surface area (Å²) >= 11 is 0. The van der Waals surface area contributed by atoms with Gasteiger partial charge in [-0.2, -0.15) is 0 Å². The molecule has 0 unspecified atom stereocenters. The van der Waals surface area contributed by atoms with Gasteiger partial charge in [0.2, 0.25) is 0 Å². The number of imide groups is 2. The first-order valence-electron chi connectivity index (χ1n) is 4.86. The maximum Gasteiger partial charge on any atom is 0.339 e. The highest BCUT2D eigenvalue weighted by Gasteiger charge is 2.42. The predicted octanol–water partition coefficient (Wildman–Crippen LogP) is -0.102. The fourth-order valence-corrected chi connectivity index (χ4v) is 1.55. The molecule has 8 nitrogen and oxygen atoms in total. The number of carboxylic acids is 1. The van der Waals surface area contributed by atoms with Gasteiger partial charge >= 0.3 is 23.8 Å². The number of carbonyl (C=O) groups excluding carboxylic acids is 3. The number of hydrogen-bond acceptors (Lipinski definition) is 5. The van der Waals surface area contributed by atoms with E-state index >= 15 is 0 Å². The molecule has 0 saturated carbocycles. The van der Waals surface area contributed by atoms with Gasteiger partial charge in [0.1, 0.15) is 11.3 Å². The first-order chi connectivity index (χ1) is 8.43. The molecule has 0 aliphatic carbocycles. The molecule has 0 aromatic carbocycles. The Morgan fingerprint density at radius 2 is 2.00 bits per heavy atom. The predicted molar refractivity (Wildman–Crippen MR) is 54.4 cm³/mol. The van der Waals surface area contributed by atoms with Gasteiger partial charge in [0.05, 0.1) is 12.8 Å². The van der Waals surface area contributed by atoms with E-state index in [9.17, 15) is 19.2 Å². The van der Waals surface area contributed by atoms with Crippen LogP contribution in [0.5, 0.6) is 0 Å². The summed E-state index contributed by atoms with van der Waals surface area (Å²) in [5, 5.41) is 8.84. The fourth-order valence-electron chi connectivity index (χ4n) is 1.55. The highest BCUT2D eigenvalue weighted by atomic mass is 16.4. The molecule has 0 spiro atoms. The number of likely N-dealkylation sites (N-methyl/N-ethyl adjacent to an activating group) is 1. The minimum atomic E-state index is -1.24. The number of nitrogens with zero attached hydrogens (tertiary/aromatic N) is 2. The third-order valence-electron chi connectivity index (χ3n) is 2.53. The summed E-state index contributed by atoms with van der Waals surface area (Å²) in [6, 6.07) is 0.395. The monoisotopic (exact) mass is 252 g/mol. The number of rotatable bonds is 3. The lowest BCUT2D eigenvalue weighted by atomic mass is 10.2. The van der Waals surface area contributed by atoms with Crippen molar-refractivity contribution >= 4 is 23.8 Å². The van der Waals surface area contributed by atoms with Crippen molar-refractivity contribution in [1.82, 2.24) is 9.80 Å². The maximum atomic E-state index is 11.6. The number of hydrogen-bond donors (Lipinski definition) is 1. The highest BCUT2D eigenvalue weighted by molar-refractivity contribution is 6.44. The van der Waals surface area contributed by atoms with Crippen LogP contribution in [0.15, 0.2) is 16.7 Å². The van der Waals surface area contributed by atoms with Crippen molar-refractivity contribution in [2.45, 2.75) is 6.54 Å². The normalized spacial score (nSPS) is 15.7. The smallest absolute Gasteiger partial charge is 0.339 e. The molecule has 2 heterocycles. The minimum absolute atomic E-state index is 0.0627. The van der Waals surface area contributed by atoms with Crippen molar-refractivity contribution in [2.75, 3.05) is 7.05 Å². The lowest BCUT2D eigenvalue weighted by Crippen LogP contribution is -2.31. The van der Waals surface area contributed by atoms with Crippen molar-refractivity contribution in [1.29, 1.82) is 0 Å². The zero-order chi connectivity index (χ0) is 13.4. The molecule has 4 amide bonds. The molecule has 1 aromatic heterocycles. The Morgan fingerprint density at radius 3 is 2.50 bits per heavy atom. The molecule has 1 N–H and O–H groups in total. The van der Waals surface area contributed by atoms with Crippen LogP contribution in [0.2, 0.25) is 0 Å². The van der Waals surface area contributed by atoms with Crippen LogP contribution in [-0.2, 0) is 16.1 Å². The van der Waals surface area contributed by atoms with Gasteiger partial charge in [0, 0.05) is 7.05 Å². The number of amides is 4. The molecule has 18 heavy (non-hydrogen) atoms. The van der Waals surface area contributed by atoms with Crippen molar-refractivity contribution in [3.05, 3.63) is 23.7 Å². The molecule has 0 radical (unpaired) electrons. The molecule has 1 fully saturated rings. The van der Waals surface area contributed by atoms with Crippen LogP contribution in [0.3, 0.4) is 0 Å². The second-order valence-electron chi connectivity index (χ2n) is 3.60. The van der Waals surface area contributed by atoms with E-state index in [0.29, 0.717) is 9.80 Å². The number of aromatic carboxylic acids is 1. The Hall–Kier alpha value is -2.64. The molecular weight excluding hydrogens is 244 g/mol. The number of urea groups is 1. The second-order valence-corrected chi connectivity index (χ2v) is 3.60. The van der Waals surface area contributed by atoms with Gasteiger partial charge in [-0.25, -0.2) is 14.5 Å². The van der Waals surface area contributed by atoms with E-state index < -0.39 is 23.8 Å². The highest BCUT2D eigenvalue weighted by Crippen LogP contribution is 2.18. The maximum absolute atomic E-state index is 11.6. The summed E-state index contributed by atoms with van der Waals surface area (Å²) in [7, 11) is 1.17. The number of furan rings is 1. The topological polar surface area (TPSA) is 108 Å². The lowest BCUT2D eigenvalue weighted by Gasteiger charge is -2.11. The van der Waals surface area contributed by atoms with E-state index in [-0.39, 0.29) is 17.9 Å². The van der Waals surface area contributed by atoms with E-state index in [1.165, 1.54) is 13.1 Å². The molecule has 2 rings (SSSR count). The quantitative estimate of drug-likeness (QED) is 0.594. The van der Waals surface area contributed by atoms with Crippen molar-refractivity contribution in [3.8, 4) is 0 Å². The largest absolute Gasteiger partial charge is 0.478 e. The Balaban J connectivity index is 2.27. The zero-order valence-electron chi connectivity index (χ0n) is 9.24. The summed E-state index contributed by atoms with van der Waals surface area (Å²) in [5.41, 5.74) is -0.155. The zero-order valence-corrected chi connectivity index (χ0v) is 9.24. The van der Waals surface area contributed by atoms with E-state index in [0.717, 1.165) is 6.26 Å². The van der Waals surface area contributed by atoms with Gasteiger partial charge in [-0.05, 0) is 6.07 Å². The van der Waals surface area contributed by atoms with E-state index in [1.807, 2.05) is 0 Å². The Morgan fingerprint density at radius 1 is 1.33 bits per heavy atom. The first kappa shape index (κ1) is 11.8. The van der Waals surface area contributed by atoms with Crippen LogP contribution in [0.4, 0.5) is 4.79 Å². The molecular formula is C10H8N2O6. The summed E-state index contributed by atoms with van der Waals surface area (Å²) in [6.45, 7) is -0.387. The SMILES string of the molecule is CN1C(=O)C(=O)N(Cc2occc2C(=O)O)C1=O. The lowest BCUT2D eigenvalue weighted by molar-refractivity contribution is -0.143. The molecule has 0 atom stereocenters. The van der Waals surface area contributed by atoms with Crippen LogP contribution < -0.4 is 0 Å². The number of carbonyl (C=O) groups is 4. The van der Waals surface area contributed by atoms with Gasteiger partial charge in [0.25, 0.3) is 0 Å². The first-order valence-corrected chi connectivity index (χ1v) is 4.86. The third-order valence-corrected chi connectivity index (χ3v) is 2.53. The van der Waals surface area contributed by atoms with Crippen LogP contribution >= 0.6 is 0 Å². The van der Waals surface area contributed by atoms with Crippen LogP contribution in [0.1, 0.15) is 16.1 Å². The van der Waals surface area contributed by atoms with Gasteiger partial charge in [-0.15, -0.1) is 0 Å². The van der Waals surface area contributed by atoms with Gasteiger partial charge in [-0.3, -0.25) is 14.5 Å². The van der Waals surface area contributed by atoms with Gasteiger partial charge in [-0.1, -0.05) is 0 Å². The van der Waals surface area contributed by atoms with Crippen LogP contribution in [-0.4, -0.2) is 45.8 Å². The molecule has 94 valence electrons. The molecule has 1 saturated heterocycles. The van der Waals surface area contributed by atoms with Crippen molar-refractivity contribution in [2.24, 2.45) is 0 Å². The summed E-state index contributed by atoms with van der Waals surface area (Å²) in [6.07, 6.45) is 1.13. The van der Waals surface area contributed by atoms with E-state index in [1.54, 1.807) is 0 Å². The average molecular weight is 252 g/mol.